The van der Waals surface area contributed by atoms with E-state index in [0.717, 1.165) is 50.4 Å². The fourth-order valence-corrected chi connectivity index (χ4v) is 4.15. The van der Waals surface area contributed by atoms with Crippen molar-refractivity contribution >= 4 is 23.8 Å². The third-order valence-electron chi connectivity index (χ3n) is 4.72. The van der Waals surface area contributed by atoms with Crippen LogP contribution in [0.15, 0.2) is 4.99 Å². The van der Waals surface area contributed by atoms with Crippen LogP contribution < -0.4 is 10.6 Å². The van der Waals surface area contributed by atoms with E-state index in [0.29, 0.717) is 6.04 Å². The molecule has 7 heteroatoms. The van der Waals surface area contributed by atoms with Crippen molar-refractivity contribution in [2.24, 2.45) is 4.99 Å². The molecular formula is C18H34N4O2S. The second-order valence-corrected chi connectivity index (χ2v) is 8.92. The highest BCUT2D eigenvalue weighted by Gasteiger charge is 2.44. The second-order valence-electron chi connectivity index (χ2n) is 7.93. The zero-order valence-electron chi connectivity index (χ0n) is 16.3. The number of piperidine rings is 1. The lowest BCUT2D eigenvalue weighted by Gasteiger charge is -2.40. The molecule has 2 aliphatic heterocycles. The average Bonchev–Trinajstić information content (AvgIpc) is 2.80. The molecule has 2 N–H and O–H groups in total. The molecule has 25 heavy (non-hydrogen) atoms. The molecule has 2 rings (SSSR count). The molecular weight excluding hydrogens is 336 g/mol. The average molecular weight is 371 g/mol. The number of aliphatic imine (C=N–C) groups is 1. The molecule has 2 unspecified atom stereocenters. The van der Waals surface area contributed by atoms with Crippen LogP contribution in [0.4, 0.5) is 4.79 Å². The number of nitrogens with zero attached hydrogens (tertiary/aromatic N) is 2. The summed E-state index contributed by atoms with van der Waals surface area (Å²) in [5.41, 5.74) is -0.436. The molecule has 144 valence electrons. The number of ether oxygens (including phenoxy) is 1. The molecule has 2 heterocycles. The molecule has 2 saturated heterocycles. The lowest BCUT2D eigenvalue weighted by Crippen LogP contribution is -2.55. The fraction of sp³-hybridized carbons (Fsp3) is 0.889. The normalized spacial score (nSPS) is 26.5. The Balaban J connectivity index is 1.85. The van der Waals surface area contributed by atoms with Crippen LogP contribution >= 0.6 is 11.8 Å². The Hall–Kier alpha value is -1.11. The van der Waals surface area contributed by atoms with Crippen LogP contribution in [0.2, 0.25) is 0 Å². The highest BCUT2D eigenvalue weighted by molar-refractivity contribution is 7.98. The van der Waals surface area contributed by atoms with E-state index in [4.69, 9.17) is 4.74 Å². The van der Waals surface area contributed by atoms with Gasteiger partial charge in [-0.3, -0.25) is 4.99 Å². The van der Waals surface area contributed by atoms with Gasteiger partial charge in [-0.25, -0.2) is 4.79 Å². The number of guanidine groups is 1. The van der Waals surface area contributed by atoms with Crippen LogP contribution in [-0.2, 0) is 4.74 Å². The smallest absolute Gasteiger partial charge is 0.410 e. The first kappa shape index (κ1) is 20.2. The molecule has 2 aliphatic rings. The van der Waals surface area contributed by atoms with Crippen molar-refractivity contribution in [3.8, 4) is 0 Å². The maximum Gasteiger partial charge on any atom is 0.410 e. The van der Waals surface area contributed by atoms with Crippen molar-refractivity contribution in [1.82, 2.24) is 15.5 Å². The summed E-state index contributed by atoms with van der Waals surface area (Å²) in [5, 5.41) is 6.93. The Morgan fingerprint density at radius 3 is 2.44 bits per heavy atom. The Morgan fingerprint density at radius 2 is 1.92 bits per heavy atom. The quantitative estimate of drug-likeness (QED) is 0.443. The van der Waals surface area contributed by atoms with Crippen molar-refractivity contribution in [3.63, 3.8) is 0 Å². The third-order valence-corrected chi connectivity index (χ3v) is 5.42. The topological polar surface area (TPSA) is 66.0 Å². The van der Waals surface area contributed by atoms with Gasteiger partial charge in [0.25, 0.3) is 0 Å². The van der Waals surface area contributed by atoms with Gasteiger partial charge in [0, 0.05) is 31.7 Å². The predicted octanol–water partition coefficient (Wildman–Crippen LogP) is 2.84. The van der Waals surface area contributed by atoms with Crippen LogP contribution in [0.5, 0.6) is 0 Å². The number of nitrogens with one attached hydrogen (secondary N) is 2. The summed E-state index contributed by atoms with van der Waals surface area (Å²) >= 11 is 1.86. The number of amides is 1. The summed E-state index contributed by atoms with van der Waals surface area (Å²) in [6.07, 6.45) is 7.16. The molecule has 1 amide bonds. The van der Waals surface area contributed by atoms with Gasteiger partial charge in [-0.15, -0.1) is 0 Å². The summed E-state index contributed by atoms with van der Waals surface area (Å²) in [7, 11) is 1.81. The Labute approximate surface area is 156 Å². The zero-order chi connectivity index (χ0) is 18.4. The molecule has 0 aromatic carbocycles. The highest BCUT2D eigenvalue weighted by Crippen LogP contribution is 2.36. The van der Waals surface area contributed by atoms with E-state index >= 15 is 0 Å². The number of thioether (sulfide) groups is 1. The molecule has 0 spiro atoms. The molecule has 0 aromatic rings. The van der Waals surface area contributed by atoms with Crippen molar-refractivity contribution in [2.75, 3.05) is 25.6 Å². The van der Waals surface area contributed by atoms with Gasteiger partial charge in [-0.05, 0) is 64.9 Å². The highest BCUT2D eigenvalue weighted by atomic mass is 32.2. The number of fused-ring (bicyclic) bond motifs is 2. The number of carbonyl (C=O) groups is 1. The Morgan fingerprint density at radius 1 is 1.28 bits per heavy atom. The van der Waals surface area contributed by atoms with Gasteiger partial charge >= 0.3 is 6.09 Å². The molecule has 2 atom stereocenters. The minimum atomic E-state index is -0.436. The van der Waals surface area contributed by atoms with Gasteiger partial charge in [0.15, 0.2) is 5.96 Å². The van der Waals surface area contributed by atoms with Crippen LogP contribution in [0.25, 0.3) is 0 Å². The van der Waals surface area contributed by atoms with Crippen molar-refractivity contribution in [3.05, 3.63) is 0 Å². The van der Waals surface area contributed by atoms with E-state index in [2.05, 4.69) is 21.9 Å². The number of rotatable bonds is 5. The van der Waals surface area contributed by atoms with E-state index < -0.39 is 5.60 Å². The van der Waals surface area contributed by atoms with Crippen molar-refractivity contribution in [1.29, 1.82) is 0 Å². The van der Waals surface area contributed by atoms with Gasteiger partial charge in [-0.1, -0.05) is 0 Å². The Bertz CT molecular complexity index is 464. The van der Waals surface area contributed by atoms with Gasteiger partial charge in [0.05, 0.1) is 0 Å². The fourth-order valence-electron chi connectivity index (χ4n) is 3.72. The molecule has 0 saturated carbocycles. The Kier molecular flexibility index (Phi) is 7.28. The summed E-state index contributed by atoms with van der Waals surface area (Å²) in [6.45, 7) is 6.71. The maximum absolute atomic E-state index is 12.5. The molecule has 2 bridgehead atoms. The molecule has 0 radical (unpaired) electrons. The van der Waals surface area contributed by atoms with Gasteiger partial charge in [0.2, 0.25) is 0 Å². The maximum atomic E-state index is 12.5. The van der Waals surface area contributed by atoms with Crippen molar-refractivity contribution in [2.45, 2.75) is 76.6 Å². The van der Waals surface area contributed by atoms with Gasteiger partial charge in [0.1, 0.15) is 5.60 Å². The minimum absolute atomic E-state index is 0.155. The van der Waals surface area contributed by atoms with E-state index in [-0.39, 0.29) is 18.2 Å². The molecule has 6 nitrogen and oxygen atoms in total. The molecule has 0 aliphatic carbocycles. The van der Waals surface area contributed by atoms with Crippen LogP contribution in [0, 0.1) is 0 Å². The van der Waals surface area contributed by atoms with E-state index in [9.17, 15) is 4.79 Å². The summed E-state index contributed by atoms with van der Waals surface area (Å²) in [4.78, 5) is 18.8. The van der Waals surface area contributed by atoms with Crippen LogP contribution in [-0.4, -0.2) is 66.3 Å². The van der Waals surface area contributed by atoms with Crippen LogP contribution in [0.1, 0.15) is 52.9 Å². The largest absolute Gasteiger partial charge is 0.444 e. The standard InChI is InChI=1S/C18H34N4O2S/c1-18(2,3)24-17(23)22-14-7-8-15(22)12-13(11-14)21-16(19-4)20-9-6-10-25-5/h13-15H,6-12H2,1-5H3,(H2,19,20,21). The lowest BCUT2D eigenvalue weighted by molar-refractivity contribution is 0.00545. The molecule has 0 aromatic heterocycles. The first-order valence-corrected chi connectivity index (χ1v) is 10.7. The van der Waals surface area contributed by atoms with E-state index in [1.54, 1.807) is 0 Å². The first-order valence-electron chi connectivity index (χ1n) is 9.31. The number of hydrogen-bond acceptors (Lipinski definition) is 4. The van der Waals surface area contributed by atoms with Crippen LogP contribution in [0.3, 0.4) is 0 Å². The van der Waals surface area contributed by atoms with Crippen molar-refractivity contribution < 1.29 is 9.53 Å². The summed E-state index contributed by atoms with van der Waals surface area (Å²) < 4.78 is 5.60. The monoisotopic (exact) mass is 370 g/mol. The summed E-state index contributed by atoms with van der Waals surface area (Å²) in [6, 6.07) is 0.921. The lowest BCUT2D eigenvalue weighted by atomic mass is 9.98. The van der Waals surface area contributed by atoms with Gasteiger partial charge < -0.3 is 20.3 Å². The zero-order valence-corrected chi connectivity index (χ0v) is 17.1. The number of carbonyl (C=O) groups excluding carboxylic acids is 1. The molecule has 2 fully saturated rings. The first-order chi connectivity index (χ1) is 11.8. The van der Waals surface area contributed by atoms with E-state index in [1.807, 2.05) is 44.5 Å². The predicted molar refractivity (Wildman–Crippen MR) is 105 cm³/mol. The third kappa shape index (κ3) is 5.97. The number of hydrogen-bond donors (Lipinski definition) is 2. The second kappa shape index (κ2) is 9.01. The van der Waals surface area contributed by atoms with E-state index in [1.165, 1.54) is 0 Å². The minimum Gasteiger partial charge on any atom is -0.444 e. The van der Waals surface area contributed by atoms with Gasteiger partial charge in [-0.2, -0.15) is 11.8 Å². The SMILES string of the molecule is CN=C(NCCCSC)NC1CC2CCC(C1)N2C(=O)OC(C)(C)C. The summed E-state index contributed by atoms with van der Waals surface area (Å²) in [5.74, 6) is 2.03.